The van der Waals surface area contributed by atoms with Crippen molar-refractivity contribution in [2.45, 2.75) is 12.3 Å². The van der Waals surface area contributed by atoms with Crippen LogP contribution in [0.3, 0.4) is 0 Å². The summed E-state index contributed by atoms with van der Waals surface area (Å²) in [5, 5.41) is 3.38. The molecule has 3 heterocycles. The summed E-state index contributed by atoms with van der Waals surface area (Å²) >= 11 is 0. The third-order valence-corrected chi connectivity index (χ3v) is 3.30. The van der Waals surface area contributed by atoms with Crippen LogP contribution in [-0.2, 0) is 0 Å². The molecule has 4 heteroatoms. The number of hydrogen-bond acceptors (Lipinski definition) is 4. The van der Waals surface area contributed by atoms with E-state index in [1.165, 1.54) is 5.56 Å². The Morgan fingerprint density at radius 3 is 3.06 bits per heavy atom. The predicted octanol–water partition coefficient (Wildman–Crippen LogP) is 1.72. The monoisotopic (exact) mass is 229 g/mol. The minimum atomic E-state index is 0.542. The van der Waals surface area contributed by atoms with E-state index < -0.39 is 0 Å². The van der Waals surface area contributed by atoms with Crippen LogP contribution in [0.2, 0.25) is 0 Å². The second kappa shape index (κ2) is 4.30. The maximum Gasteiger partial charge on any atom is 0.213 e. The molecule has 3 rings (SSSR count). The highest BCUT2D eigenvalue weighted by Gasteiger charge is 2.19. The first-order chi connectivity index (χ1) is 8.38. The molecule has 17 heavy (non-hydrogen) atoms. The lowest BCUT2D eigenvalue weighted by atomic mass is 9.98. The van der Waals surface area contributed by atoms with Crippen molar-refractivity contribution in [3.8, 4) is 5.88 Å². The highest BCUT2D eigenvalue weighted by Crippen LogP contribution is 2.28. The molecule has 88 valence electrons. The van der Waals surface area contributed by atoms with Crippen LogP contribution >= 0.6 is 0 Å². The first-order valence-electron chi connectivity index (χ1n) is 5.89. The van der Waals surface area contributed by atoms with E-state index in [0.29, 0.717) is 11.8 Å². The van der Waals surface area contributed by atoms with Crippen molar-refractivity contribution in [2.24, 2.45) is 0 Å². The number of aromatic nitrogens is 2. The molecule has 0 saturated carbocycles. The Hall–Kier alpha value is -1.68. The van der Waals surface area contributed by atoms with Crippen molar-refractivity contribution in [2.75, 3.05) is 20.2 Å². The average Bonchev–Trinajstić information content (AvgIpc) is 2.91. The normalized spacial score (nSPS) is 19.7. The molecule has 0 aromatic carbocycles. The van der Waals surface area contributed by atoms with E-state index in [9.17, 15) is 0 Å². The molecule has 0 bridgehead atoms. The molecule has 0 spiro atoms. The number of hydrogen-bond donors (Lipinski definition) is 1. The molecule has 1 fully saturated rings. The van der Waals surface area contributed by atoms with Crippen molar-refractivity contribution in [3.63, 3.8) is 0 Å². The Morgan fingerprint density at radius 1 is 1.35 bits per heavy atom. The van der Waals surface area contributed by atoms with Gasteiger partial charge in [0.15, 0.2) is 0 Å². The summed E-state index contributed by atoms with van der Waals surface area (Å²) in [6, 6.07) is 5.89. The number of pyridine rings is 2. The van der Waals surface area contributed by atoms with Gasteiger partial charge in [-0.05, 0) is 36.6 Å². The summed E-state index contributed by atoms with van der Waals surface area (Å²) in [6.45, 7) is 2.11. The van der Waals surface area contributed by atoms with Crippen LogP contribution in [0.25, 0.3) is 11.0 Å². The van der Waals surface area contributed by atoms with Gasteiger partial charge < -0.3 is 10.1 Å². The van der Waals surface area contributed by atoms with E-state index in [1.807, 2.05) is 18.3 Å². The zero-order valence-electron chi connectivity index (χ0n) is 9.81. The number of methoxy groups -OCH3 is 1. The van der Waals surface area contributed by atoms with Crippen LogP contribution < -0.4 is 10.1 Å². The third-order valence-electron chi connectivity index (χ3n) is 3.30. The summed E-state index contributed by atoms with van der Waals surface area (Å²) in [7, 11) is 1.64. The van der Waals surface area contributed by atoms with Crippen molar-refractivity contribution in [3.05, 3.63) is 30.0 Å². The predicted molar refractivity (Wildman–Crippen MR) is 66.3 cm³/mol. The van der Waals surface area contributed by atoms with Gasteiger partial charge in [-0.3, -0.25) is 4.98 Å². The van der Waals surface area contributed by atoms with Crippen LogP contribution in [0.4, 0.5) is 0 Å². The second-order valence-electron chi connectivity index (χ2n) is 4.31. The Labute approximate surface area is 100 Å². The zero-order valence-corrected chi connectivity index (χ0v) is 9.81. The molecule has 0 radical (unpaired) electrons. The topological polar surface area (TPSA) is 47.0 Å². The van der Waals surface area contributed by atoms with Gasteiger partial charge in [-0.25, -0.2) is 4.98 Å². The minimum absolute atomic E-state index is 0.542. The first-order valence-corrected chi connectivity index (χ1v) is 5.89. The Kier molecular flexibility index (Phi) is 2.65. The molecular formula is C13H15N3O. The third kappa shape index (κ3) is 1.85. The van der Waals surface area contributed by atoms with Gasteiger partial charge in [0.25, 0.3) is 0 Å². The number of fused-ring (bicyclic) bond motifs is 1. The lowest BCUT2D eigenvalue weighted by Crippen LogP contribution is -2.08. The summed E-state index contributed by atoms with van der Waals surface area (Å²) in [6.07, 6.45) is 3.03. The van der Waals surface area contributed by atoms with Gasteiger partial charge in [-0.15, -0.1) is 0 Å². The lowest BCUT2D eigenvalue weighted by molar-refractivity contribution is 0.399. The number of nitrogens with one attached hydrogen (secondary N) is 1. The Morgan fingerprint density at radius 2 is 2.29 bits per heavy atom. The zero-order chi connectivity index (χ0) is 11.7. The van der Waals surface area contributed by atoms with Crippen molar-refractivity contribution < 1.29 is 4.74 Å². The number of nitrogens with zero attached hydrogens (tertiary/aromatic N) is 2. The van der Waals surface area contributed by atoms with E-state index in [1.54, 1.807) is 7.11 Å². The summed E-state index contributed by atoms with van der Waals surface area (Å²) in [4.78, 5) is 8.88. The fourth-order valence-corrected chi connectivity index (χ4v) is 2.39. The summed E-state index contributed by atoms with van der Waals surface area (Å²) in [5.41, 5.74) is 3.19. The minimum Gasteiger partial charge on any atom is -0.481 e. The highest BCUT2D eigenvalue weighted by molar-refractivity contribution is 5.78. The molecule has 4 nitrogen and oxygen atoms in total. The molecule has 1 unspecified atom stereocenters. The van der Waals surface area contributed by atoms with Gasteiger partial charge >= 0.3 is 0 Å². The van der Waals surface area contributed by atoms with Crippen molar-refractivity contribution in [1.29, 1.82) is 0 Å². The first kappa shape index (κ1) is 10.5. The van der Waals surface area contributed by atoms with E-state index >= 15 is 0 Å². The van der Waals surface area contributed by atoms with Crippen LogP contribution in [0.1, 0.15) is 17.9 Å². The molecule has 1 aliphatic heterocycles. The maximum absolute atomic E-state index is 5.19. The molecular weight excluding hydrogens is 214 g/mol. The molecule has 0 amide bonds. The van der Waals surface area contributed by atoms with E-state index in [-0.39, 0.29) is 0 Å². The van der Waals surface area contributed by atoms with Crippen LogP contribution in [-0.4, -0.2) is 30.2 Å². The number of ether oxygens (including phenoxy) is 1. The maximum atomic E-state index is 5.19. The van der Waals surface area contributed by atoms with E-state index in [0.717, 1.165) is 30.5 Å². The highest BCUT2D eigenvalue weighted by atomic mass is 16.5. The molecule has 1 aliphatic rings. The van der Waals surface area contributed by atoms with Crippen LogP contribution in [0.5, 0.6) is 5.88 Å². The standard InChI is InChI=1S/C13H15N3O/c1-17-12-3-2-11-13(16-12)10(5-7-15-11)9-4-6-14-8-9/h2-3,5,7,9,14H,4,6,8H2,1H3. The summed E-state index contributed by atoms with van der Waals surface area (Å²) in [5.74, 6) is 1.19. The Balaban J connectivity index is 2.15. The molecule has 2 aromatic heterocycles. The van der Waals surface area contributed by atoms with Gasteiger partial charge in [0.1, 0.15) is 0 Å². The smallest absolute Gasteiger partial charge is 0.213 e. The lowest BCUT2D eigenvalue weighted by Gasteiger charge is -2.11. The largest absolute Gasteiger partial charge is 0.481 e. The molecule has 2 aromatic rings. The fraction of sp³-hybridized carbons (Fsp3) is 0.385. The average molecular weight is 229 g/mol. The van der Waals surface area contributed by atoms with E-state index in [2.05, 4.69) is 21.4 Å². The Bertz CT molecular complexity index is 535. The fourth-order valence-electron chi connectivity index (χ4n) is 2.39. The number of rotatable bonds is 2. The molecule has 0 aliphatic carbocycles. The van der Waals surface area contributed by atoms with Gasteiger partial charge in [-0.1, -0.05) is 0 Å². The van der Waals surface area contributed by atoms with Gasteiger partial charge in [-0.2, -0.15) is 0 Å². The summed E-state index contributed by atoms with van der Waals surface area (Å²) < 4.78 is 5.19. The van der Waals surface area contributed by atoms with Crippen molar-refractivity contribution >= 4 is 11.0 Å². The van der Waals surface area contributed by atoms with Gasteiger partial charge in [0.2, 0.25) is 5.88 Å². The van der Waals surface area contributed by atoms with E-state index in [4.69, 9.17) is 4.74 Å². The van der Waals surface area contributed by atoms with Gasteiger partial charge in [0.05, 0.1) is 18.1 Å². The van der Waals surface area contributed by atoms with Crippen LogP contribution in [0.15, 0.2) is 24.4 Å². The molecule has 1 N–H and O–H groups in total. The molecule has 1 atom stereocenters. The van der Waals surface area contributed by atoms with Crippen LogP contribution in [0, 0.1) is 0 Å². The SMILES string of the molecule is COc1ccc2nccc(C3CCNC3)c2n1. The van der Waals surface area contributed by atoms with Crippen molar-refractivity contribution in [1.82, 2.24) is 15.3 Å². The van der Waals surface area contributed by atoms with Gasteiger partial charge in [0, 0.05) is 18.8 Å². The second-order valence-corrected chi connectivity index (χ2v) is 4.31. The molecule has 1 saturated heterocycles. The quantitative estimate of drug-likeness (QED) is 0.851.